The molecule has 0 bridgehead atoms. The third-order valence-corrected chi connectivity index (χ3v) is 4.57. The number of esters is 1. The molecule has 1 atom stereocenters. The second kappa shape index (κ2) is 8.76. The van der Waals surface area contributed by atoms with Crippen LogP contribution < -0.4 is 5.32 Å². The summed E-state index contributed by atoms with van der Waals surface area (Å²) in [4.78, 5) is 24.8. The second-order valence-electron chi connectivity index (χ2n) is 5.18. The Labute approximate surface area is 150 Å². The van der Waals surface area contributed by atoms with Crippen LogP contribution in [0.2, 0.25) is 5.02 Å². The van der Waals surface area contributed by atoms with Gasteiger partial charge in [-0.3, -0.25) is 9.59 Å². The maximum atomic E-state index is 12.0. The van der Waals surface area contributed by atoms with Crippen LogP contribution in [0.1, 0.15) is 12.5 Å². The van der Waals surface area contributed by atoms with Gasteiger partial charge in [0.2, 0.25) is 0 Å². The summed E-state index contributed by atoms with van der Waals surface area (Å²) >= 11 is 7.18. The second-order valence-corrected chi connectivity index (χ2v) is 7.04. The first-order chi connectivity index (χ1) is 11.5. The largest absolute Gasteiger partial charge is 0.455 e. The molecule has 1 N–H and O–H groups in total. The molecule has 0 saturated carbocycles. The SMILES string of the molecule is Cc1ccccc1NC(=O)COC(=O)[C@@H](C)Sc1ccc(Cl)cc1. The van der Waals surface area contributed by atoms with Crippen LogP contribution in [0, 0.1) is 6.92 Å². The van der Waals surface area contributed by atoms with Crippen LogP contribution >= 0.6 is 23.4 Å². The van der Waals surface area contributed by atoms with Crippen molar-refractivity contribution in [3.63, 3.8) is 0 Å². The highest BCUT2D eigenvalue weighted by Gasteiger charge is 2.17. The fourth-order valence-corrected chi connectivity index (χ4v) is 2.91. The van der Waals surface area contributed by atoms with Crippen LogP contribution in [0.3, 0.4) is 0 Å². The molecule has 0 aliphatic rings. The summed E-state index contributed by atoms with van der Waals surface area (Å²) in [5, 5.41) is 2.94. The Bertz CT molecular complexity index is 718. The van der Waals surface area contributed by atoms with Gasteiger partial charge in [-0.15, -0.1) is 11.8 Å². The zero-order chi connectivity index (χ0) is 17.5. The highest BCUT2D eigenvalue weighted by Crippen LogP contribution is 2.25. The summed E-state index contributed by atoms with van der Waals surface area (Å²) in [6, 6.07) is 14.6. The van der Waals surface area contributed by atoms with Gasteiger partial charge in [0, 0.05) is 15.6 Å². The maximum absolute atomic E-state index is 12.0. The van der Waals surface area contributed by atoms with Crippen LogP contribution in [-0.2, 0) is 14.3 Å². The number of benzene rings is 2. The normalized spacial score (nSPS) is 11.6. The molecule has 6 heteroatoms. The zero-order valence-corrected chi connectivity index (χ0v) is 15.0. The lowest BCUT2D eigenvalue weighted by Gasteiger charge is -2.12. The number of carbonyl (C=O) groups is 2. The smallest absolute Gasteiger partial charge is 0.319 e. The first-order valence-electron chi connectivity index (χ1n) is 7.40. The Morgan fingerprint density at radius 1 is 1.17 bits per heavy atom. The number of ether oxygens (including phenoxy) is 1. The first kappa shape index (κ1) is 18.4. The molecule has 4 nitrogen and oxygen atoms in total. The molecular weight excluding hydrogens is 346 g/mol. The van der Waals surface area contributed by atoms with Gasteiger partial charge in [0.25, 0.3) is 5.91 Å². The number of hydrogen-bond acceptors (Lipinski definition) is 4. The summed E-state index contributed by atoms with van der Waals surface area (Å²) in [5.74, 6) is -0.795. The lowest BCUT2D eigenvalue weighted by molar-refractivity contribution is -0.146. The van der Waals surface area contributed by atoms with Gasteiger partial charge >= 0.3 is 5.97 Å². The minimum atomic E-state index is -0.435. The van der Waals surface area contributed by atoms with Crippen molar-refractivity contribution in [1.82, 2.24) is 0 Å². The van der Waals surface area contributed by atoms with E-state index in [2.05, 4.69) is 5.32 Å². The molecule has 2 rings (SSSR count). The molecule has 0 heterocycles. The van der Waals surface area contributed by atoms with Crippen molar-refractivity contribution in [2.75, 3.05) is 11.9 Å². The molecule has 0 spiro atoms. The van der Waals surface area contributed by atoms with Crippen LogP contribution in [0.15, 0.2) is 53.4 Å². The van der Waals surface area contributed by atoms with E-state index in [1.807, 2.05) is 37.3 Å². The summed E-state index contributed by atoms with van der Waals surface area (Å²) < 4.78 is 5.08. The van der Waals surface area contributed by atoms with E-state index in [-0.39, 0.29) is 12.5 Å². The van der Waals surface area contributed by atoms with Gasteiger partial charge < -0.3 is 10.1 Å². The average molecular weight is 364 g/mol. The van der Waals surface area contributed by atoms with E-state index in [4.69, 9.17) is 16.3 Å². The molecule has 0 unspecified atom stereocenters. The van der Waals surface area contributed by atoms with Gasteiger partial charge in [0.05, 0.1) is 0 Å². The van der Waals surface area contributed by atoms with Crippen LogP contribution in [0.4, 0.5) is 5.69 Å². The maximum Gasteiger partial charge on any atom is 0.319 e. The van der Waals surface area contributed by atoms with Gasteiger partial charge in [0.1, 0.15) is 5.25 Å². The number of aryl methyl sites for hydroxylation is 1. The van der Waals surface area contributed by atoms with Crippen LogP contribution in [-0.4, -0.2) is 23.7 Å². The van der Waals surface area contributed by atoms with E-state index in [9.17, 15) is 9.59 Å². The van der Waals surface area contributed by atoms with Gasteiger partial charge in [-0.2, -0.15) is 0 Å². The predicted molar refractivity (Wildman–Crippen MR) is 97.5 cm³/mol. The molecule has 0 fully saturated rings. The number of halogens is 1. The van der Waals surface area contributed by atoms with Crippen molar-refractivity contribution in [3.05, 3.63) is 59.1 Å². The Morgan fingerprint density at radius 2 is 1.83 bits per heavy atom. The molecule has 0 saturated heterocycles. The third-order valence-electron chi connectivity index (χ3n) is 3.22. The van der Waals surface area contributed by atoms with E-state index in [1.54, 1.807) is 25.1 Å². The third kappa shape index (κ3) is 5.58. The molecule has 126 valence electrons. The minimum absolute atomic E-state index is 0.307. The van der Waals surface area contributed by atoms with Crippen LogP contribution in [0.5, 0.6) is 0 Å². The van der Waals surface area contributed by atoms with E-state index in [1.165, 1.54) is 11.8 Å². The molecule has 0 radical (unpaired) electrons. The molecule has 0 aromatic heterocycles. The van der Waals surface area contributed by atoms with Crippen molar-refractivity contribution in [2.24, 2.45) is 0 Å². The summed E-state index contributed by atoms with van der Waals surface area (Å²) in [6.07, 6.45) is 0. The lowest BCUT2D eigenvalue weighted by Crippen LogP contribution is -2.25. The van der Waals surface area contributed by atoms with Crippen molar-refractivity contribution >= 4 is 40.9 Å². The van der Waals surface area contributed by atoms with Gasteiger partial charge in [-0.1, -0.05) is 29.8 Å². The molecule has 1 amide bonds. The number of rotatable bonds is 6. The van der Waals surface area contributed by atoms with Crippen LogP contribution in [0.25, 0.3) is 0 Å². The quantitative estimate of drug-likeness (QED) is 0.613. The minimum Gasteiger partial charge on any atom is -0.455 e. The van der Waals surface area contributed by atoms with Crippen molar-refractivity contribution in [1.29, 1.82) is 0 Å². The monoisotopic (exact) mass is 363 g/mol. The topological polar surface area (TPSA) is 55.4 Å². The summed E-state index contributed by atoms with van der Waals surface area (Å²) in [7, 11) is 0. The first-order valence-corrected chi connectivity index (χ1v) is 8.66. The molecule has 2 aromatic rings. The van der Waals surface area contributed by atoms with E-state index in [0.717, 1.165) is 10.5 Å². The fraction of sp³-hybridized carbons (Fsp3) is 0.222. The number of anilines is 1. The average Bonchev–Trinajstić information content (AvgIpc) is 2.57. The van der Waals surface area contributed by atoms with Crippen molar-refractivity contribution in [2.45, 2.75) is 24.0 Å². The summed E-state index contributed by atoms with van der Waals surface area (Å²) in [6.45, 7) is 3.33. The molecule has 0 aliphatic heterocycles. The number of thioether (sulfide) groups is 1. The number of amides is 1. The Kier molecular flexibility index (Phi) is 6.70. The fourth-order valence-electron chi connectivity index (χ4n) is 1.92. The van der Waals surface area contributed by atoms with Crippen molar-refractivity contribution in [3.8, 4) is 0 Å². The Morgan fingerprint density at radius 3 is 2.50 bits per heavy atom. The van der Waals surface area contributed by atoms with Gasteiger partial charge in [-0.05, 0) is 49.7 Å². The van der Waals surface area contributed by atoms with E-state index < -0.39 is 11.2 Å². The standard InChI is InChI=1S/C18H18ClNO3S/c1-12-5-3-4-6-16(12)20-17(21)11-23-18(22)13(2)24-15-9-7-14(19)8-10-15/h3-10,13H,11H2,1-2H3,(H,20,21)/t13-/m1/s1. The number of carbonyl (C=O) groups excluding carboxylic acids is 2. The van der Waals surface area contributed by atoms with E-state index >= 15 is 0 Å². The number of nitrogens with one attached hydrogen (secondary N) is 1. The number of hydrogen-bond donors (Lipinski definition) is 1. The molecule has 2 aromatic carbocycles. The Balaban J connectivity index is 1.80. The molecule has 0 aliphatic carbocycles. The van der Waals surface area contributed by atoms with Crippen molar-refractivity contribution < 1.29 is 14.3 Å². The number of para-hydroxylation sites is 1. The molecular formula is C18H18ClNO3S. The summed E-state index contributed by atoms with van der Waals surface area (Å²) in [5.41, 5.74) is 1.66. The van der Waals surface area contributed by atoms with Gasteiger partial charge in [-0.25, -0.2) is 0 Å². The lowest BCUT2D eigenvalue weighted by atomic mass is 10.2. The van der Waals surface area contributed by atoms with Gasteiger partial charge in [0.15, 0.2) is 6.61 Å². The van der Waals surface area contributed by atoms with E-state index in [0.29, 0.717) is 10.7 Å². The molecule has 24 heavy (non-hydrogen) atoms. The Hall–Kier alpha value is -1.98. The highest BCUT2D eigenvalue weighted by atomic mass is 35.5. The predicted octanol–water partition coefficient (Wildman–Crippen LogP) is 4.31. The highest BCUT2D eigenvalue weighted by molar-refractivity contribution is 8.00. The zero-order valence-electron chi connectivity index (χ0n) is 13.4.